The topological polar surface area (TPSA) is 45.7 Å². The van der Waals surface area contributed by atoms with E-state index in [-0.39, 0.29) is 5.91 Å². The summed E-state index contributed by atoms with van der Waals surface area (Å²) >= 11 is 0. The molecule has 0 saturated carbocycles. The van der Waals surface area contributed by atoms with Gasteiger partial charge in [-0.3, -0.25) is 4.79 Å². The van der Waals surface area contributed by atoms with Crippen molar-refractivity contribution < 1.29 is 9.53 Å². The summed E-state index contributed by atoms with van der Waals surface area (Å²) in [5.74, 6) is 1.88. The maximum atomic E-state index is 12.8. The minimum Gasteiger partial charge on any atom is -0.497 e. The fourth-order valence-corrected chi connectivity index (χ4v) is 4.40. The SMILES string of the molecule is CCC(=O)N(Cc1ccc(OC)cc1)Cc1cc2cc3c(cc2nc1N(C)C)CCC3. The molecule has 0 radical (unpaired) electrons. The summed E-state index contributed by atoms with van der Waals surface area (Å²) in [6, 6.07) is 14.7. The fraction of sp³-hybridized carbons (Fsp3) is 0.385. The molecule has 1 aliphatic carbocycles. The molecular formula is C26H31N3O2. The van der Waals surface area contributed by atoms with Gasteiger partial charge in [0.1, 0.15) is 11.6 Å². The molecule has 162 valence electrons. The molecule has 0 N–H and O–H groups in total. The number of aryl methyl sites for hydroxylation is 2. The van der Waals surface area contributed by atoms with Crippen LogP contribution in [-0.2, 0) is 30.7 Å². The number of amides is 1. The van der Waals surface area contributed by atoms with Gasteiger partial charge >= 0.3 is 0 Å². The van der Waals surface area contributed by atoms with Crippen LogP contribution in [0.1, 0.15) is 42.0 Å². The predicted molar refractivity (Wildman–Crippen MR) is 126 cm³/mol. The Morgan fingerprint density at radius 2 is 1.74 bits per heavy atom. The minimum atomic E-state index is 0.134. The van der Waals surface area contributed by atoms with E-state index in [1.807, 2.05) is 55.1 Å². The van der Waals surface area contributed by atoms with Crippen molar-refractivity contribution in [1.29, 1.82) is 0 Å². The summed E-state index contributed by atoms with van der Waals surface area (Å²) in [5.41, 5.74) is 6.07. The zero-order valence-corrected chi connectivity index (χ0v) is 18.9. The Morgan fingerprint density at radius 1 is 1.03 bits per heavy atom. The van der Waals surface area contributed by atoms with Gasteiger partial charge in [0, 0.05) is 44.6 Å². The van der Waals surface area contributed by atoms with E-state index >= 15 is 0 Å². The van der Waals surface area contributed by atoms with E-state index in [1.54, 1.807) is 7.11 Å². The van der Waals surface area contributed by atoms with Crippen molar-refractivity contribution in [3.05, 3.63) is 64.7 Å². The van der Waals surface area contributed by atoms with Crippen molar-refractivity contribution in [2.24, 2.45) is 0 Å². The first-order valence-electron chi connectivity index (χ1n) is 11.0. The number of hydrogen-bond acceptors (Lipinski definition) is 4. The highest BCUT2D eigenvalue weighted by molar-refractivity contribution is 5.84. The van der Waals surface area contributed by atoms with E-state index in [0.717, 1.165) is 46.4 Å². The zero-order chi connectivity index (χ0) is 22.0. The van der Waals surface area contributed by atoms with E-state index in [2.05, 4.69) is 18.2 Å². The molecule has 2 aromatic carbocycles. The van der Waals surface area contributed by atoms with Crippen LogP contribution in [0.3, 0.4) is 0 Å². The minimum absolute atomic E-state index is 0.134. The second-order valence-corrected chi connectivity index (χ2v) is 8.48. The highest BCUT2D eigenvalue weighted by Crippen LogP contribution is 2.30. The van der Waals surface area contributed by atoms with Crippen LogP contribution in [0.25, 0.3) is 10.9 Å². The van der Waals surface area contributed by atoms with Gasteiger partial charge in [0.15, 0.2) is 0 Å². The van der Waals surface area contributed by atoms with Crippen LogP contribution in [-0.4, -0.2) is 37.0 Å². The number of rotatable bonds is 7. The van der Waals surface area contributed by atoms with Crippen LogP contribution >= 0.6 is 0 Å². The third kappa shape index (κ3) is 4.50. The number of carbonyl (C=O) groups is 1. The largest absolute Gasteiger partial charge is 0.497 e. The number of benzene rings is 2. The summed E-state index contributed by atoms with van der Waals surface area (Å²) in [5, 5.41) is 1.16. The van der Waals surface area contributed by atoms with Gasteiger partial charge in [-0.2, -0.15) is 0 Å². The van der Waals surface area contributed by atoms with Gasteiger partial charge in [-0.05, 0) is 66.3 Å². The maximum Gasteiger partial charge on any atom is 0.222 e. The van der Waals surface area contributed by atoms with Crippen LogP contribution in [0.4, 0.5) is 5.82 Å². The van der Waals surface area contributed by atoms with E-state index in [1.165, 1.54) is 17.5 Å². The lowest BCUT2D eigenvalue weighted by Gasteiger charge is -2.25. The number of aromatic nitrogens is 1. The second kappa shape index (κ2) is 8.96. The summed E-state index contributed by atoms with van der Waals surface area (Å²) < 4.78 is 5.26. The van der Waals surface area contributed by atoms with Crippen molar-refractivity contribution in [3.8, 4) is 5.75 Å². The molecule has 0 unspecified atom stereocenters. The van der Waals surface area contributed by atoms with Crippen molar-refractivity contribution in [1.82, 2.24) is 9.88 Å². The normalized spacial score (nSPS) is 12.6. The number of anilines is 1. The molecule has 0 saturated heterocycles. The molecule has 1 amide bonds. The molecular weight excluding hydrogens is 386 g/mol. The standard InChI is InChI=1S/C26H31N3O2/c1-5-25(30)29(16-18-9-11-23(31-4)12-10-18)17-22-14-21-13-19-7-6-8-20(19)15-24(21)27-26(22)28(2)3/h9-15H,5-8,16-17H2,1-4H3. The van der Waals surface area contributed by atoms with Crippen LogP contribution in [0.15, 0.2) is 42.5 Å². The van der Waals surface area contributed by atoms with E-state index in [0.29, 0.717) is 19.5 Å². The molecule has 1 aliphatic rings. The average molecular weight is 418 g/mol. The second-order valence-electron chi connectivity index (χ2n) is 8.48. The van der Waals surface area contributed by atoms with Gasteiger partial charge in [-0.15, -0.1) is 0 Å². The Bertz CT molecular complexity index is 1090. The summed E-state index contributed by atoms with van der Waals surface area (Å²) in [6.07, 6.45) is 3.99. The van der Waals surface area contributed by atoms with Crippen LogP contribution in [0.5, 0.6) is 5.75 Å². The highest BCUT2D eigenvalue weighted by Gasteiger charge is 2.19. The molecule has 1 aromatic heterocycles. The molecule has 5 nitrogen and oxygen atoms in total. The number of fused-ring (bicyclic) bond motifs is 2. The van der Waals surface area contributed by atoms with Crippen LogP contribution < -0.4 is 9.64 Å². The lowest BCUT2D eigenvalue weighted by atomic mass is 10.0. The van der Waals surface area contributed by atoms with Crippen molar-refractivity contribution in [3.63, 3.8) is 0 Å². The summed E-state index contributed by atoms with van der Waals surface area (Å²) in [4.78, 5) is 21.8. The third-order valence-electron chi connectivity index (χ3n) is 6.06. The van der Waals surface area contributed by atoms with Gasteiger partial charge < -0.3 is 14.5 Å². The monoisotopic (exact) mass is 417 g/mol. The zero-order valence-electron chi connectivity index (χ0n) is 18.9. The molecule has 4 rings (SSSR count). The Hall–Kier alpha value is -3.08. The molecule has 0 aliphatic heterocycles. The van der Waals surface area contributed by atoms with Gasteiger partial charge in [-0.1, -0.05) is 19.1 Å². The average Bonchev–Trinajstić information content (AvgIpc) is 3.23. The molecule has 5 heteroatoms. The number of pyridine rings is 1. The molecule has 0 bridgehead atoms. The van der Waals surface area contributed by atoms with E-state index in [4.69, 9.17) is 9.72 Å². The van der Waals surface area contributed by atoms with Gasteiger partial charge in [0.05, 0.1) is 12.6 Å². The first-order chi connectivity index (χ1) is 15.0. The van der Waals surface area contributed by atoms with Gasteiger partial charge in [-0.25, -0.2) is 4.98 Å². The van der Waals surface area contributed by atoms with E-state index in [9.17, 15) is 4.79 Å². The summed E-state index contributed by atoms with van der Waals surface area (Å²) in [6.45, 7) is 3.01. The van der Waals surface area contributed by atoms with Crippen LogP contribution in [0, 0.1) is 0 Å². The number of carbonyl (C=O) groups excluding carboxylic acids is 1. The molecule has 1 heterocycles. The van der Waals surface area contributed by atoms with Crippen LogP contribution in [0.2, 0.25) is 0 Å². The number of nitrogens with zero attached hydrogens (tertiary/aromatic N) is 3. The smallest absolute Gasteiger partial charge is 0.222 e. The first kappa shape index (κ1) is 21.2. The van der Waals surface area contributed by atoms with Crippen molar-refractivity contribution in [2.75, 3.05) is 26.1 Å². The third-order valence-corrected chi connectivity index (χ3v) is 6.06. The quantitative estimate of drug-likeness (QED) is 0.557. The fourth-order valence-electron chi connectivity index (χ4n) is 4.40. The molecule has 0 spiro atoms. The molecule has 0 atom stereocenters. The van der Waals surface area contributed by atoms with E-state index < -0.39 is 0 Å². The Labute approximate surface area is 184 Å². The Morgan fingerprint density at radius 3 is 2.39 bits per heavy atom. The highest BCUT2D eigenvalue weighted by atomic mass is 16.5. The molecule has 31 heavy (non-hydrogen) atoms. The van der Waals surface area contributed by atoms with Crippen molar-refractivity contribution in [2.45, 2.75) is 45.7 Å². The molecule has 0 fully saturated rings. The number of methoxy groups -OCH3 is 1. The van der Waals surface area contributed by atoms with Gasteiger partial charge in [0.2, 0.25) is 5.91 Å². The lowest BCUT2D eigenvalue weighted by molar-refractivity contribution is -0.132. The molecule has 3 aromatic rings. The summed E-state index contributed by atoms with van der Waals surface area (Å²) in [7, 11) is 5.69. The lowest BCUT2D eigenvalue weighted by Crippen LogP contribution is -2.30. The predicted octanol–water partition coefficient (Wildman–Crippen LogP) is 4.74. The maximum absolute atomic E-state index is 12.8. The Balaban J connectivity index is 1.68. The van der Waals surface area contributed by atoms with Crippen molar-refractivity contribution >= 4 is 22.6 Å². The Kier molecular flexibility index (Phi) is 6.12. The first-order valence-corrected chi connectivity index (χ1v) is 11.0. The van der Waals surface area contributed by atoms with Gasteiger partial charge in [0.25, 0.3) is 0 Å². The number of hydrogen-bond donors (Lipinski definition) is 0. The number of ether oxygens (including phenoxy) is 1.